The van der Waals surface area contributed by atoms with Crippen LogP contribution in [0.3, 0.4) is 0 Å². The molecule has 0 bridgehead atoms. The minimum Gasteiger partial charge on any atom is -1.00 e. The molecule has 0 radical (unpaired) electrons. The molecule has 0 spiro atoms. The van der Waals surface area contributed by atoms with Gasteiger partial charge in [-0.25, -0.2) is 22.4 Å². The number of nitrogens with zero attached hydrogens (tertiary/aromatic N) is 8. The molecular formula is C89H53F5IN9NaO5-. The molecule has 0 atom stereocenters. The van der Waals surface area contributed by atoms with Crippen molar-refractivity contribution in [2.24, 2.45) is 0 Å². The van der Waals surface area contributed by atoms with Crippen LogP contribution in [0.25, 0.3) is 27.1 Å². The summed E-state index contributed by atoms with van der Waals surface area (Å²) in [5, 5.41) is 35.1. The summed E-state index contributed by atoms with van der Waals surface area (Å²) in [5.41, 5.74) is 11.4. The first-order valence-electron chi connectivity index (χ1n) is 34.2. The van der Waals surface area contributed by atoms with Gasteiger partial charge in [-0.3, -0.25) is 4.39 Å². The Morgan fingerprint density at radius 2 is 0.573 bits per heavy atom. The predicted octanol–water partition coefficient (Wildman–Crippen LogP) is 20.0. The van der Waals surface area contributed by atoms with Gasteiger partial charge in [-0.1, -0.05) is 121 Å². The Labute approximate surface area is 670 Å². The number of nitrogens with one attached hydrogen (secondary N) is 1. The van der Waals surface area contributed by atoms with Gasteiger partial charge >= 0.3 is 29.6 Å². The third-order valence-corrected chi connectivity index (χ3v) is 18.3. The third-order valence-electron chi connectivity index (χ3n) is 18.3. The zero-order valence-corrected chi connectivity index (χ0v) is 62.0. The summed E-state index contributed by atoms with van der Waals surface area (Å²) in [6.45, 7) is 6.74. The predicted molar refractivity (Wildman–Crippen MR) is 407 cm³/mol. The number of anilines is 14. The first kappa shape index (κ1) is 72.0. The van der Waals surface area contributed by atoms with Crippen LogP contribution in [0.5, 0.6) is 57.5 Å². The molecule has 0 unspecified atom stereocenters. The van der Waals surface area contributed by atoms with Crippen molar-refractivity contribution < 1.29 is 102 Å². The molecule has 5 aliphatic heterocycles. The second-order valence-electron chi connectivity index (χ2n) is 24.5. The van der Waals surface area contributed by atoms with Crippen LogP contribution in [-0.2, 0) is 0 Å². The summed E-state index contributed by atoms with van der Waals surface area (Å²) in [7, 11) is -1.00. The molecule has 5 heterocycles. The van der Waals surface area contributed by atoms with Gasteiger partial charge in [0.1, 0.15) is 41.5 Å². The monoisotopic (exact) mass is 1570 g/mol. The van der Waals surface area contributed by atoms with E-state index in [9.17, 15) is 32.5 Å². The first-order chi connectivity index (χ1) is 53.4. The number of fused-ring (bicyclic) bond motifs is 10. The van der Waals surface area contributed by atoms with Gasteiger partial charge in [0.2, 0.25) is 5.69 Å². The Balaban J connectivity index is 0.000000225. The van der Waals surface area contributed by atoms with Crippen LogP contribution in [0.1, 0.15) is 19.5 Å². The van der Waals surface area contributed by atoms with Gasteiger partial charge < -0.3 is 74.0 Å². The first-order valence-corrected chi connectivity index (χ1v) is 33.5. The second-order valence-corrected chi connectivity index (χ2v) is 24.5. The molecule has 21 heteroatoms. The van der Waals surface area contributed by atoms with E-state index < -0.39 is 52.8 Å². The quantitative estimate of drug-likeness (QED) is 0.0730. The van der Waals surface area contributed by atoms with Crippen LogP contribution in [0.4, 0.5) is 107 Å². The van der Waals surface area contributed by atoms with Crippen LogP contribution in [0, 0.1) is 63.8 Å². The molecule has 14 nitrogen and oxygen atoms in total. The smallest absolute Gasteiger partial charge is 1.00 e. The number of hydrogen-bond donors (Lipinski definition) is 1. The van der Waals surface area contributed by atoms with Crippen LogP contribution in [0.15, 0.2) is 291 Å². The van der Waals surface area contributed by atoms with E-state index in [0.29, 0.717) is 91.8 Å². The normalized spacial score (nSPS) is 12.0. The Hall–Kier alpha value is -13.6. The average molecular weight is 1570 g/mol. The van der Waals surface area contributed by atoms with Gasteiger partial charge in [0.15, 0.2) is 57.5 Å². The molecule has 1 N–H and O–H groups in total. The number of halogens is 6. The van der Waals surface area contributed by atoms with E-state index in [0.717, 1.165) is 91.9 Å². The van der Waals surface area contributed by atoms with Gasteiger partial charge in [0.05, 0.1) is 111 Å². The van der Waals surface area contributed by atoms with E-state index >= 15 is 0 Å². The molecule has 5 aliphatic rings. The van der Waals surface area contributed by atoms with Crippen molar-refractivity contribution in [3.05, 3.63) is 343 Å². The molecule has 0 saturated carbocycles. The summed E-state index contributed by atoms with van der Waals surface area (Å²) < 4.78 is 101. The van der Waals surface area contributed by atoms with E-state index in [1.54, 1.807) is 0 Å². The van der Waals surface area contributed by atoms with Crippen LogP contribution in [-0.4, -0.2) is 7.15 Å². The molecule has 19 rings (SSSR count). The minimum absolute atomic E-state index is 0. The van der Waals surface area contributed by atoms with Gasteiger partial charge in [-0.05, 0) is 164 Å². The van der Waals surface area contributed by atoms with E-state index in [4.69, 9.17) is 36.9 Å². The number of nitriles is 3. The Morgan fingerprint density at radius 3 is 0.873 bits per heavy atom. The summed E-state index contributed by atoms with van der Waals surface area (Å²) >= 11 is 0. The number of benzene rings is 14. The van der Waals surface area contributed by atoms with Crippen molar-refractivity contribution in [2.45, 2.75) is 0 Å². The molecule has 110 heavy (non-hydrogen) atoms. The number of alkyl halides is 1. The van der Waals surface area contributed by atoms with Crippen molar-refractivity contribution in [3.63, 3.8) is 0 Å². The Morgan fingerprint density at radius 1 is 0.327 bits per heavy atom. The molecule has 14 aromatic carbocycles. The largest absolute Gasteiger partial charge is 1.00 e. The summed E-state index contributed by atoms with van der Waals surface area (Å²) in [6.07, 6.45) is 0. The maximum absolute atomic E-state index is 13.7. The van der Waals surface area contributed by atoms with Crippen LogP contribution < -0.4 is 102 Å². The summed E-state index contributed by atoms with van der Waals surface area (Å²) in [4.78, 5) is 11.4. The van der Waals surface area contributed by atoms with Gasteiger partial charge in [0, 0.05) is 28.3 Å². The van der Waals surface area contributed by atoms with Crippen LogP contribution in [0.2, 0.25) is 0 Å². The third kappa shape index (κ3) is 13.4. The zero-order chi connectivity index (χ0) is 74.8. The summed E-state index contributed by atoms with van der Waals surface area (Å²) in [5.74, 6) is 2.62. The number of rotatable bonds is 6. The van der Waals surface area contributed by atoms with Crippen LogP contribution >= 0.6 is 0 Å². The molecule has 0 aliphatic carbocycles. The second kappa shape index (κ2) is 31.5. The minimum atomic E-state index is -1.11. The SMILES string of the molecule is N#Cc1cc(-c2cc(C#N)c(N3c4ccccc4Oc4ccccc43)cc2N2c3ccccc3Oc3ccccc32)c(N2c3ccccc3Oc3ccccc32)cc1N1c2ccccc2Oc2ccccc21.[2H]CF.[C-]#[N+]c1cc(-c2cc(C#N)c(F)cc2F)c(F)cc1F.[H-].[I-].[Na+].c1ccc2c(c1)Nc1ccccc1O2. The molecule has 0 amide bonds. The van der Waals surface area contributed by atoms with Gasteiger partial charge in [-0.15, -0.1) is 0 Å². The van der Waals surface area contributed by atoms with Crippen molar-refractivity contribution in [3.8, 4) is 98.0 Å². The molecule has 528 valence electrons. The van der Waals surface area contributed by atoms with Gasteiger partial charge in [-0.2, -0.15) is 15.8 Å². The standard InChI is InChI=1S/C62H36N6O4.C14H4F4N2.C12H9NO.CH3F.HI.Na.H/c63-37-39-33-41(53(67-47-21-5-13-29-59(47)71-60-30-14-6-22-48(60)67)35-51(39)65-43-17-1-9-25-55(43)69-56-26-10-2-18-44(56)65)42-34-40(38-64)52(66-45-19-3-11-27-57(45)70-58-28-12-4-20-46(58)66)36-54(42)68-49-23-7-15-31-61(49)72-62-32-16-8-24-50(62)68;1-20-14-3-9(12(17)5-13(14)18)8-2-7(6-19)10(15)4-11(8)16;1-3-7-11-9(5-1)13-10-6-2-4-8-12(10)14-11;1-2;;;/h1-36H;2-5H;1-8,13H;1H3;1H;;/q;;;;;+1;-1/p-1/i;;;1D;;;. The number of para-hydroxylation sites is 20. The fourth-order valence-corrected chi connectivity index (χ4v) is 13.6. The fourth-order valence-electron chi connectivity index (χ4n) is 13.6. The summed E-state index contributed by atoms with van der Waals surface area (Å²) in [6, 6.07) is 96.5. The molecule has 0 aromatic heterocycles. The van der Waals surface area contributed by atoms with Crippen molar-refractivity contribution >= 4 is 85.3 Å². The molecule has 0 fully saturated rings. The van der Waals surface area contributed by atoms with E-state index in [1.165, 1.54) is 6.07 Å². The van der Waals surface area contributed by atoms with E-state index in [1.807, 2.05) is 255 Å². The maximum Gasteiger partial charge on any atom is 1.00 e. The topological polar surface area (TPSA) is 147 Å². The van der Waals surface area contributed by atoms with Gasteiger partial charge in [0.25, 0.3) is 0 Å². The molecular weight excluding hydrogens is 1520 g/mol. The number of hydrogen-bond acceptors (Lipinski definition) is 13. The Bertz CT molecular complexity index is 5600. The Kier molecular flexibility index (Phi) is 20.6. The van der Waals surface area contributed by atoms with E-state index in [2.05, 4.69) is 54.0 Å². The van der Waals surface area contributed by atoms with Crippen molar-refractivity contribution in [1.29, 1.82) is 15.8 Å². The van der Waals surface area contributed by atoms with Crippen molar-refractivity contribution in [1.82, 2.24) is 0 Å². The molecule has 0 saturated heterocycles. The number of ether oxygens (including phenoxy) is 5. The average Bonchev–Trinajstić information content (AvgIpc) is 0.720. The molecule has 14 aromatic rings. The van der Waals surface area contributed by atoms with E-state index in [-0.39, 0.29) is 55.0 Å². The fraction of sp³-hybridized carbons (Fsp3) is 0.0112. The maximum atomic E-state index is 13.7. The van der Waals surface area contributed by atoms with Crippen molar-refractivity contribution in [2.75, 3.05) is 32.1 Å². The zero-order valence-electron chi connectivity index (χ0n) is 59.8.